The molecule has 0 aliphatic carbocycles. The fraction of sp³-hybridized carbons (Fsp3) is 0.190. The lowest BCUT2D eigenvalue weighted by molar-refractivity contribution is 0.0846. The van der Waals surface area contributed by atoms with Gasteiger partial charge in [-0.05, 0) is 37.6 Å². The standard InChI is InChI=1S/C21H20N4O4S/c1-14(2)25-21(27)18-9-8-16(10-19(18)30(25,28)29)20(26)23-17-11-22-24(13-17)12-15-6-4-3-5-7-15/h3-11,13-14H,12H2,1-2H3,(H,23,26). The van der Waals surface area contributed by atoms with Gasteiger partial charge in [0.15, 0.2) is 0 Å². The van der Waals surface area contributed by atoms with Gasteiger partial charge >= 0.3 is 0 Å². The van der Waals surface area contributed by atoms with E-state index in [1.165, 1.54) is 24.4 Å². The number of fused-ring (bicyclic) bond motifs is 1. The highest BCUT2D eigenvalue weighted by Crippen LogP contribution is 2.32. The number of nitrogens with zero attached hydrogens (tertiary/aromatic N) is 3. The van der Waals surface area contributed by atoms with E-state index >= 15 is 0 Å². The molecule has 0 unspecified atom stereocenters. The summed E-state index contributed by atoms with van der Waals surface area (Å²) in [5.74, 6) is -1.06. The number of aromatic nitrogens is 2. The first-order valence-corrected chi connectivity index (χ1v) is 10.8. The molecule has 1 aliphatic heterocycles. The highest BCUT2D eigenvalue weighted by molar-refractivity contribution is 7.90. The van der Waals surface area contributed by atoms with Crippen molar-refractivity contribution in [1.29, 1.82) is 0 Å². The molecule has 3 aromatic rings. The Kier molecular flexibility index (Phi) is 4.90. The molecule has 1 aromatic heterocycles. The molecule has 154 valence electrons. The maximum atomic E-state index is 12.7. The molecule has 9 heteroatoms. The van der Waals surface area contributed by atoms with Crippen LogP contribution in [0.25, 0.3) is 0 Å². The first-order valence-electron chi connectivity index (χ1n) is 9.38. The third kappa shape index (κ3) is 3.48. The number of hydrogen-bond acceptors (Lipinski definition) is 5. The van der Waals surface area contributed by atoms with Crippen molar-refractivity contribution in [3.63, 3.8) is 0 Å². The second-order valence-corrected chi connectivity index (χ2v) is 9.06. The van der Waals surface area contributed by atoms with Crippen molar-refractivity contribution < 1.29 is 18.0 Å². The SMILES string of the molecule is CC(C)N1C(=O)c2ccc(C(=O)Nc3cnn(Cc4ccccc4)c3)cc2S1(=O)=O. The molecule has 0 bridgehead atoms. The monoisotopic (exact) mass is 424 g/mol. The summed E-state index contributed by atoms with van der Waals surface area (Å²) in [6.45, 7) is 3.81. The van der Waals surface area contributed by atoms with Gasteiger partial charge in [-0.3, -0.25) is 14.3 Å². The second-order valence-electron chi connectivity index (χ2n) is 7.28. The van der Waals surface area contributed by atoms with E-state index in [9.17, 15) is 18.0 Å². The minimum Gasteiger partial charge on any atom is -0.319 e. The van der Waals surface area contributed by atoms with E-state index in [1.54, 1.807) is 24.7 Å². The zero-order valence-corrected chi connectivity index (χ0v) is 17.3. The lowest BCUT2D eigenvalue weighted by Gasteiger charge is -2.18. The average molecular weight is 424 g/mol. The molecule has 2 heterocycles. The van der Waals surface area contributed by atoms with Crippen molar-refractivity contribution in [2.75, 3.05) is 5.32 Å². The van der Waals surface area contributed by atoms with E-state index in [4.69, 9.17) is 0 Å². The fourth-order valence-electron chi connectivity index (χ4n) is 3.39. The minimum atomic E-state index is -3.97. The Morgan fingerprint density at radius 2 is 1.87 bits per heavy atom. The van der Waals surface area contributed by atoms with Gasteiger partial charge in [-0.25, -0.2) is 12.7 Å². The summed E-state index contributed by atoms with van der Waals surface area (Å²) in [7, 11) is -3.97. The van der Waals surface area contributed by atoms with Gasteiger partial charge in [0, 0.05) is 17.8 Å². The molecule has 8 nitrogen and oxygen atoms in total. The maximum absolute atomic E-state index is 12.7. The molecule has 2 aromatic carbocycles. The van der Waals surface area contributed by atoms with Crippen LogP contribution in [0.2, 0.25) is 0 Å². The number of sulfonamides is 1. The number of hydrogen-bond donors (Lipinski definition) is 1. The van der Waals surface area contributed by atoms with Crippen molar-refractivity contribution in [3.8, 4) is 0 Å². The van der Waals surface area contributed by atoms with E-state index in [0.29, 0.717) is 12.2 Å². The summed E-state index contributed by atoms with van der Waals surface area (Å²) < 4.78 is 27.9. The van der Waals surface area contributed by atoms with E-state index in [1.807, 2.05) is 30.3 Å². The van der Waals surface area contributed by atoms with Crippen molar-refractivity contribution in [2.24, 2.45) is 0 Å². The fourth-order valence-corrected chi connectivity index (χ4v) is 5.18. The molecule has 1 N–H and O–H groups in total. The minimum absolute atomic E-state index is 0.0796. The number of benzene rings is 2. The molecular formula is C21H20N4O4S. The van der Waals surface area contributed by atoms with Crippen LogP contribution in [0.15, 0.2) is 65.8 Å². The van der Waals surface area contributed by atoms with Crippen LogP contribution in [0.4, 0.5) is 5.69 Å². The van der Waals surface area contributed by atoms with Crippen molar-refractivity contribution in [3.05, 3.63) is 77.6 Å². The van der Waals surface area contributed by atoms with Crippen LogP contribution in [0.5, 0.6) is 0 Å². The lowest BCUT2D eigenvalue weighted by atomic mass is 10.1. The first-order chi connectivity index (χ1) is 14.3. The van der Waals surface area contributed by atoms with E-state index < -0.39 is 27.9 Å². The number of nitrogens with one attached hydrogen (secondary N) is 1. The van der Waals surface area contributed by atoms with Crippen LogP contribution < -0.4 is 5.32 Å². The summed E-state index contributed by atoms with van der Waals surface area (Å²) in [4.78, 5) is 24.9. The Hall–Kier alpha value is -3.46. The van der Waals surface area contributed by atoms with Crippen molar-refractivity contribution in [2.45, 2.75) is 31.3 Å². The average Bonchev–Trinajstić information content (AvgIpc) is 3.22. The van der Waals surface area contributed by atoms with E-state index in [0.717, 1.165) is 9.87 Å². The number of carbonyl (C=O) groups excluding carboxylic acids is 2. The topological polar surface area (TPSA) is 101 Å². The molecule has 0 saturated heterocycles. The highest BCUT2D eigenvalue weighted by Gasteiger charge is 2.42. The third-order valence-electron chi connectivity index (χ3n) is 4.76. The number of amides is 2. The van der Waals surface area contributed by atoms with Crippen LogP contribution in [-0.4, -0.2) is 40.4 Å². The Balaban J connectivity index is 1.54. The van der Waals surface area contributed by atoms with Gasteiger partial charge in [-0.2, -0.15) is 5.10 Å². The molecule has 30 heavy (non-hydrogen) atoms. The Morgan fingerprint density at radius 3 is 2.57 bits per heavy atom. The van der Waals surface area contributed by atoms with Gasteiger partial charge in [0.25, 0.3) is 21.8 Å². The van der Waals surface area contributed by atoms with Crippen LogP contribution in [0, 0.1) is 0 Å². The highest BCUT2D eigenvalue weighted by atomic mass is 32.2. The zero-order valence-electron chi connectivity index (χ0n) is 16.4. The number of rotatable bonds is 5. The normalized spacial score (nSPS) is 14.8. The predicted molar refractivity (Wildman–Crippen MR) is 111 cm³/mol. The molecular weight excluding hydrogens is 404 g/mol. The Bertz CT molecular complexity index is 1230. The number of carbonyl (C=O) groups is 2. The van der Waals surface area contributed by atoms with Crippen LogP contribution in [0.1, 0.15) is 40.1 Å². The van der Waals surface area contributed by atoms with Crippen LogP contribution in [-0.2, 0) is 16.6 Å². The molecule has 4 rings (SSSR count). The maximum Gasteiger partial charge on any atom is 0.269 e. The summed E-state index contributed by atoms with van der Waals surface area (Å²) >= 11 is 0. The van der Waals surface area contributed by atoms with Gasteiger partial charge in [0.05, 0.1) is 24.0 Å². The lowest BCUT2D eigenvalue weighted by Crippen LogP contribution is -2.36. The van der Waals surface area contributed by atoms with Crippen molar-refractivity contribution in [1.82, 2.24) is 14.1 Å². The van der Waals surface area contributed by atoms with E-state index in [2.05, 4.69) is 10.4 Å². The molecule has 0 atom stereocenters. The smallest absolute Gasteiger partial charge is 0.269 e. The van der Waals surface area contributed by atoms with Gasteiger partial charge in [-0.1, -0.05) is 30.3 Å². The van der Waals surface area contributed by atoms with Crippen LogP contribution in [0.3, 0.4) is 0 Å². The number of anilines is 1. The molecule has 0 spiro atoms. The molecule has 0 radical (unpaired) electrons. The quantitative estimate of drug-likeness (QED) is 0.679. The predicted octanol–water partition coefficient (Wildman–Crippen LogP) is 2.74. The molecule has 0 saturated carbocycles. The molecule has 0 fully saturated rings. The Morgan fingerprint density at radius 1 is 1.13 bits per heavy atom. The zero-order chi connectivity index (χ0) is 21.5. The van der Waals surface area contributed by atoms with Gasteiger partial charge < -0.3 is 5.32 Å². The molecule has 1 aliphatic rings. The second kappa shape index (κ2) is 7.42. The van der Waals surface area contributed by atoms with Crippen LogP contribution >= 0.6 is 0 Å². The largest absolute Gasteiger partial charge is 0.319 e. The molecule has 2 amide bonds. The summed E-state index contributed by atoms with van der Waals surface area (Å²) in [5, 5.41) is 6.95. The van der Waals surface area contributed by atoms with Gasteiger partial charge in [0.2, 0.25) is 0 Å². The van der Waals surface area contributed by atoms with Crippen molar-refractivity contribution >= 4 is 27.5 Å². The summed E-state index contributed by atoms with van der Waals surface area (Å²) in [6, 6.07) is 13.3. The first kappa shape index (κ1) is 19.8. The van der Waals surface area contributed by atoms with Gasteiger partial charge in [-0.15, -0.1) is 0 Å². The van der Waals surface area contributed by atoms with E-state index in [-0.39, 0.29) is 16.0 Å². The third-order valence-corrected chi connectivity index (χ3v) is 6.76. The summed E-state index contributed by atoms with van der Waals surface area (Å²) in [5.41, 5.74) is 1.78. The Labute approximate surface area is 174 Å². The van der Waals surface area contributed by atoms with Gasteiger partial charge in [0.1, 0.15) is 4.90 Å². The summed E-state index contributed by atoms with van der Waals surface area (Å²) in [6.07, 6.45) is 3.22.